The van der Waals surface area contributed by atoms with Crippen molar-refractivity contribution < 1.29 is 9.15 Å². The normalized spacial score (nSPS) is 10.8. The second-order valence-corrected chi connectivity index (χ2v) is 5.37. The van der Waals surface area contributed by atoms with Crippen molar-refractivity contribution in [2.45, 2.75) is 6.92 Å². The Labute approximate surface area is 132 Å². The fourth-order valence-electron chi connectivity index (χ4n) is 2.20. The highest BCUT2D eigenvalue weighted by molar-refractivity contribution is 6.33. The monoisotopic (exact) mass is 319 g/mol. The highest BCUT2D eigenvalue weighted by atomic mass is 35.5. The molecule has 1 heterocycles. The molecule has 0 saturated heterocycles. The lowest BCUT2D eigenvalue weighted by Crippen LogP contribution is -1.93. The zero-order valence-corrected chi connectivity index (χ0v) is 12.9. The molecule has 2 nitrogen and oxygen atoms in total. The van der Waals surface area contributed by atoms with Gasteiger partial charge in [0, 0.05) is 11.1 Å². The molecule has 3 aromatic rings. The van der Waals surface area contributed by atoms with Crippen LogP contribution < -0.4 is 4.74 Å². The van der Waals surface area contributed by atoms with Crippen LogP contribution in [-0.2, 0) is 0 Å². The summed E-state index contributed by atoms with van der Waals surface area (Å²) in [6.45, 7) is 2.50. The average molecular weight is 320 g/mol. The molecular weight excluding hydrogens is 307 g/mol. The largest absolute Gasteiger partial charge is 0.493 e. The summed E-state index contributed by atoms with van der Waals surface area (Å²) in [5.41, 5.74) is 1.54. The third kappa shape index (κ3) is 2.82. The van der Waals surface area contributed by atoms with Gasteiger partial charge in [0.2, 0.25) is 0 Å². The van der Waals surface area contributed by atoms with Gasteiger partial charge in [-0.25, -0.2) is 4.42 Å². The quantitative estimate of drug-likeness (QED) is 0.545. The van der Waals surface area contributed by atoms with Gasteiger partial charge in [-0.05, 0) is 31.2 Å². The van der Waals surface area contributed by atoms with E-state index < -0.39 is 0 Å². The molecule has 0 aliphatic heterocycles. The Balaban J connectivity index is 2.26. The van der Waals surface area contributed by atoms with E-state index in [-0.39, 0.29) is 0 Å². The molecule has 2 aromatic carbocycles. The summed E-state index contributed by atoms with van der Waals surface area (Å²) >= 11 is 12.3. The minimum absolute atomic E-state index is 0.563. The number of fused-ring (bicyclic) bond motifs is 1. The van der Waals surface area contributed by atoms with Crippen LogP contribution in [0.4, 0.5) is 0 Å². The van der Waals surface area contributed by atoms with E-state index in [1.807, 2.05) is 49.4 Å². The highest BCUT2D eigenvalue weighted by Gasteiger charge is 2.21. The predicted molar refractivity (Wildman–Crippen MR) is 87.2 cm³/mol. The first kappa shape index (κ1) is 14.2. The minimum Gasteiger partial charge on any atom is -0.493 e. The Morgan fingerprint density at radius 3 is 2.62 bits per heavy atom. The van der Waals surface area contributed by atoms with E-state index in [2.05, 4.69) is 0 Å². The van der Waals surface area contributed by atoms with E-state index in [1.165, 1.54) is 0 Å². The van der Waals surface area contributed by atoms with Crippen molar-refractivity contribution in [3.63, 3.8) is 0 Å². The molecule has 0 amide bonds. The molecule has 0 N–H and O–H groups in total. The first-order valence-electron chi connectivity index (χ1n) is 6.63. The van der Waals surface area contributed by atoms with Gasteiger partial charge in [0.15, 0.2) is 0 Å². The molecule has 0 aliphatic carbocycles. The SMILES string of the molecule is CCOc1cc(-c2ccccc2Cl)[o+]c2ccc(Cl)cc12. The fourth-order valence-corrected chi connectivity index (χ4v) is 2.60. The molecule has 4 heteroatoms. The Bertz CT molecular complexity index is 800. The number of rotatable bonds is 3. The highest BCUT2D eigenvalue weighted by Crippen LogP contribution is 2.36. The van der Waals surface area contributed by atoms with Crippen molar-refractivity contribution in [2.24, 2.45) is 0 Å². The molecular formula is C17H13Cl2O2+. The van der Waals surface area contributed by atoms with Crippen LogP contribution in [0.2, 0.25) is 10.0 Å². The zero-order valence-electron chi connectivity index (χ0n) is 11.4. The average Bonchev–Trinajstić information content (AvgIpc) is 2.48. The third-order valence-electron chi connectivity index (χ3n) is 3.13. The van der Waals surface area contributed by atoms with Crippen LogP contribution in [0.3, 0.4) is 0 Å². The molecule has 0 atom stereocenters. The van der Waals surface area contributed by atoms with E-state index in [0.717, 1.165) is 16.7 Å². The number of benzene rings is 2. The summed E-state index contributed by atoms with van der Waals surface area (Å²) in [5, 5.41) is 2.13. The van der Waals surface area contributed by atoms with Gasteiger partial charge in [0.05, 0.1) is 23.3 Å². The smallest absolute Gasteiger partial charge is 0.366 e. The van der Waals surface area contributed by atoms with Crippen LogP contribution in [0, 0.1) is 0 Å². The van der Waals surface area contributed by atoms with E-state index in [1.54, 1.807) is 6.07 Å². The molecule has 1 aromatic heterocycles. The van der Waals surface area contributed by atoms with E-state index in [4.69, 9.17) is 32.4 Å². The lowest BCUT2D eigenvalue weighted by atomic mass is 10.1. The standard InChI is InChI=1S/C17H13Cl2O2/c1-2-20-16-10-17(12-5-3-4-6-14(12)19)21-15-8-7-11(18)9-13(15)16/h3-10H,2H2,1H3/q+1. The second kappa shape index (κ2) is 5.92. The van der Waals surface area contributed by atoms with Gasteiger partial charge >= 0.3 is 11.3 Å². The van der Waals surface area contributed by atoms with Crippen molar-refractivity contribution in [1.29, 1.82) is 0 Å². The Morgan fingerprint density at radius 1 is 1.05 bits per heavy atom. The van der Waals surface area contributed by atoms with Gasteiger partial charge in [-0.15, -0.1) is 0 Å². The summed E-state index contributed by atoms with van der Waals surface area (Å²) in [6, 6.07) is 14.9. The Morgan fingerprint density at radius 2 is 1.86 bits per heavy atom. The first-order valence-corrected chi connectivity index (χ1v) is 7.38. The summed E-state index contributed by atoms with van der Waals surface area (Å²) in [7, 11) is 0. The maximum atomic E-state index is 6.24. The van der Waals surface area contributed by atoms with Crippen molar-refractivity contribution in [3.05, 3.63) is 58.6 Å². The van der Waals surface area contributed by atoms with Crippen LogP contribution >= 0.6 is 23.2 Å². The molecule has 106 valence electrons. The predicted octanol–water partition coefficient (Wildman–Crippen LogP) is 6.09. The number of hydrogen-bond acceptors (Lipinski definition) is 1. The molecule has 21 heavy (non-hydrogen) atoms. The second-order valence-electron chi connectivity index (χ2n) is 4.53. The molecule has 0 saturated carbocycles. The topological polar surface area (TPSA) is 20.5 Å². The summed E-state index contributed by atoms with van der Waals surface area (Å²) < 4.78 is 11.7. The summed E-state index contributed by atoms with van der Waals surface area (Å²) in [5.74, 6) is 1.40. The van der Waals surface area contributed by atoms with Crippen molar-refractivity contribution in [3.8, 4) is 17.1 Å². The molecule has 0 bridgehead atoms. The van der Waals surface area contributed by atoms with Gasteiger partial charge in [-0.2, -0.15) is 0 Å². The molecule has 0 spiro atoms. The third-order valence-corrected chi connectivity index (χ3v) is 3.69. The Hall–Kier alpha value is -1.77. The molecule has 0 unspecified atom stereocenters. The van der Waals surface area contributed by atoms with Crippen LogP contribution in [-0.4, -0.2) is 6.61 Å². The van der Waals surface area contributed by atoms with Crippen molar-refractivity contribution in [1.82, 2.24) is 0 Å². The molecule has 0 fully saturated rings. The number of hydrogen-bond donors (Lipinski definition) is 0. The maximum Gasteiger partial charge on any atom is 0.366 e. The summed E-state index contributed by atoms with van der Waals surface area (Å²) in [4.78, 5) is 0. The van der Waals surface area contributed by atoms with Crippen LogP contribution in [0.25, 0.3) is 22.3 Å². The lowest BCUT2D eigenvalue weighted by molar-refractivity contribution is 0.342. The van der Waals surface area contributed by atoms with Crippen LogP contribution in [0.15, 0.2) is 52.9 Å². The first-order chi connectivity index (χ1) is 10.2. The maximum absolute atomic E-state index is 6.24. The van der Waals surface area contributed by atoms with Crippen molar-refractivity contribution >= 4 is 34.2 Å². The zero-order chi connectivity index (χ0) is 14.8. The van der Waals surface area contributed by atoms with E-state index >= 15 is 0 Å². The van der Waals surface area contributed by atoms with Gasteiger partial charge < -0.3 is 4.74 Å². The Kier molecular flexibility index (Phi) is 4.00. The van der Waals surface area contributed by atoms with Gasteiger partial charge in [0.1, 0.15) is 11.1 Å². The number of ether oxygens (including phenoxy) is 1. The minimum atomic E-state index is 0.563. The van der Waals surface area contributed by atoms with E-state index in [9.17, 15) is 0 Å². The van der Waals surface area contributed by atoms with Gasteiger partial charge in [-0.3, -0.25) is 0 Å². The fraction of sp³-hybridized carbons (Fsp3) is 0.118. The molecule has 0 radical (unpaired) electrons. The van der Waals surface area contributed by atoms with Crippen LogP contribution in [0.5, 0.6) is 5.75 Å². The summed E-state index contributed by atoms with van der Waals surface area (Å²) in [6.07, 6.45) is 0. The van der Waals surface area contributed by atoms with Gasteiger partial charge in [-0.1, -0.05) is 35.3 Å². The van der Waals surface area contributed by atoms with Gasteiger partial charge in [0.25, 0.3) is 0 Å². The van der Waals surface area contributed by atoms with Crippen LogP contribution in [0.1, 0.15) is 6.92 Å². The van der Waals surface area contributed by atoms with E-state index in [0.29, 0.717) is 28.0 Å². The van der Waals surface area contributed by atoms with Crippen molar-refractivity contribution in [2.75, 3.05) is 6.61 Å². The molecule has 0 aliphatic rings. The molecule has 3 rings (SSSR count). The lowest BCUT2D eigenvalue weighted by Gasteiger charge is -2.04. The number of halogens is 2.